The van der Waals surface area contributed by atoms with Gasteiger partial charge < -0.3 is 5.32 Å². The lowest BCUT2D eigenvalue weighted by Crippen LogP contribution is -1.98. The molecule has 0 aliphatic carbocycles. The van der Waals surface area contributed by atoms with Gasteiger partial charge in [-0.05, 0) is 32.0 Å². The maximum atomic E-state index is 6.05. The molecular weight excluding hydrogens is 352 g/mol. The summed E-state index contributed by atoms with van der Waals surface area (Å²) in [6, 6.07) is 15.9. The molecule has 4 nitrogen and oxygen atoms in total. The van der Waals surface area contributed by atoms with Crippen LogP contribution < -0.4 is 5.32 Å². The third-order valence-electron chi connectivity index (χ3n) is 3.77. The van der Waals surface area contributed by atoms with E-state index in [9.17, 15) is 0 Å². The normalized spacial score (nSPS) is 11.0. The number of aromatic nitrogens is 3. The van der Waals surface area contributed by atoms with Crippen LogP contribution >= 0.6 is 22.9 Å². The van der Waals surface area contributed by atoms with Crippen molar-refractivity contribution in [3.63, 3.8) is 0 Å². The maximum Gasteiger partial charge on any atom is 0.189 e. The third kappa shape index (κ3) is 3.48. The van der Waals surface area contributed by atoms with Gasteiger partial charge >= 0.3 is 0 Å². The Kier molecular flexibility index (Phi) is 4.11. The molecule has 0 unspecified atom stereocenters. The lowest BCUT2D eigenvalue weighted by Gasteiger charge is -2.07. The predicted octanol–water partition coefficient (Wildman–Crippen LogP) is 5.77. The van der Waals surface area contributed by atoms with Crippen LogP contribution in [0.25, 0.3) is 21.5 Å². The molecule has 1 N–H and O–H groups in total. The summed E-state index contributed by atoms with van der Waals surface area (Å²) in [6.07, 6.45) is 0. The molecular formula is C19H15ClN4S. The van der Waals surface area contributed by atoms with E-state index in [1.807, 2.05) is 31.2 Å². The van der Waals surface area contributed by atoms with E-state index in [4.69, 9.17) is 11.6 Å². The van der Waals surface area contributed by atoms with Gasteiger partial charge in [0.25, 0.3) is 0 Å². The molecule has 0 aliphatic rings. The molecule has 4 aromatic rings. The van der Waals surface area contributed by atoms with Gasteiger partial charge in [-0.3, -0.25) is 0 Å². The topological polar surface area (TPSA) is 50.7 Å². The molecule has 25 heavy (non-hydrogen) atoms. The van der Waals surface area contributed by atoms with Crippen molar-refractivity contribution in [2.24, 2.45) is 0 Å². The fourth-order valence-corrected chi connectivity index (χ4v) is 3.71. The van der Waals surface area contributed by atoms with Crippen LogP contribution in [0.1, 0.15) is 11.4 Å². The van der Waals surface area contributed by atoms with Crippen molar-refractivity contribution in [1.29, 1.82) is 0 Å². The van der Waals surface area contributed by atoms with Gasteiger partial charge in [0.15, 0.2) is 5.13 Å². The van der Waals surface area contributed by atoms with Crippen LogP contribution in [0, 0.1) is 13.8 Å². The highest BCUT2D eigenvalue weighted by atomic mass is 35.5. The lowest BCUT2D eigenvalue weighted by atomic mass is 10.1. The minimum Gasteiger partial charge on any atom is -0.316 e. The molecule has 2 aromatic carbocycles. The highest BCUT2D eigenvalue weighted by Crippen LogP contribution is 2.30. The highest BCUT2D eigenvalue weighted by molar-refractivity contribution is 7.22. The monoisotopic (exact) mass is 366 g/mol. The Morgan fingerprint density at radius 2 is 1.72 bits per heavy atom. The molecule has 6 heteroatoms. The number of nitrogens with zero attached hydrogens (tertiary/aromatic N) is 3. The minimum absolute atomic E-state index is 0.710. The van der Waals surface area contributed by atoms with Crippen LogP contribution in [0.15, 0.2) is 48.5 Å². The van der Waals surface area contributed by atoms with E-state index in [1.165, 1.54) is 5.56 Å². The summed E-state index contributed by atoms with van der Waals surface area (Å²) in [5.41, 5.74) is 4.09. The van der Waals surface area contributed by atoms with Crippen molar-refractivity contribution in [2.75, 3.05) is 5.32 Å². The smallest absolute Gasteiger partial charge is 0.189 e. The molecule has 0 aliphatic heterocycles. The van der Waals surface area contributed by atoms with Crippen LogP contribution in [0.5, 0.6) is 0 Å². The average molecular weight is 367 g/mol. The van der Waals surface area contributed by atoms with Crippen molar-refractivity contribution in [2.45, 2.75) is 13.8 Å². The number of hydrogen-bond donors (Lipinski definition) is 1. The molecule has 4 rings (SSSR count). The van der Waals surface area contributed by atoms with E-state index in [0.29, 0.717) is 10.8 Å². The fraction of sp³-hybridized carbons (Fsp3) is 0.105. The zero-order chi connectivity index (χ0) is 17.4. The lowest BCUT2D eigenvalue weighted by molar-refractivity contribution is 1.06. The summed E-state index contributed by atoms with van der Waals surface area (Å²) >= 11 is 7.60. The quantitative estimate of drug-likeness (QED) is 0.500. The van der Waals surface area contributed by atoms with Crippen LogP contribution in [-0.4, -0.2) is 15.0 Å². The first-order valence-electron chi connectivity index (χ1n) is 7.83. The first kappa shape index (κ1) is 16.0. The van der Waals surface area contributed by atoms with Crippen molar-refractivity contribution in [1.82, 2.24) is 15.0 Å². The molecule has 2 aromatic heterocycles. The Bertz CT molecular complexity index is 1060. The Labute approximate surface area is 154 Å². The first-order valence-corrected chi connectivity index (χ1v) is 9.02. The van der Waals surface area contributed by atoms with Crippen LogP contribution in [0.3, 0.4) is 0 Å². The Hall–Kier alpha value is -2.50. The number of anilines is 2. The molecule has 0 spiro atoms. The summed E-state index contributed by atoms with van der Waals surface area (Å²) in [4.78, 5) is 13.6. The molecule has 0 saturated carbocycles. The van der Waals surface area contributed by atoms with Crippen LogP contribution in [0.4, 0.5) is 10.9 Å². The highest BCUT2D eigenvalue weighted by Gasteiger charge is 2.08. The zero-order valence-corrected chi connectivity index (χ0v) is 15.3. The fourth-order valence-electron chi connectivity index (χ4n) is 2.57. The molecule has 2 heterocycles. The second kappa shape index (κ2) is 6.43. The largest absolute Gasteiger partial charge is 0.316 e. The first-order chi connectivity index (χ1) is 12.1. The van der Waals surface area contributed by atoms with Crippen molar-refractivity contribution < 1.29 is 0 Å². The number of fused-ring (bicyclic) bond motifs is 1. The molecule has 0 radical (unpaired) electrons. The second-order valence-corrected chi connectivity index (χ2v) is 7.27. The predicted molar refractivity (Wildman–Crippen MR) is 105 cm³/mol. The summed E-state index contributed by atoms with van der Waals surface area (Å²) in [6.45, 7) is 3.96. The van der Waals surface area contributed by atoms with E-state index in [0.717, 1.165) is 32.4 Å². The van der Waals surface area contributed by atoms with Gasteiger partial charge in [-0.15, -0.1) is 0 Å². The summed E-state index contributed by atoms with van der Waals surface area (Å²) in [5.74, 6) is 1.44. The number of aryl methyl sites for hydroxylation is 2. The van der Waals surface area contributed by atoms with Gasteiger partial charge in [0.1, 0.15) is 11.6 Å². The van der Waals surface area contributed by atoms with Crippen molar-refractivity contribution in [3.8, 4) is 11.3 Å². The minimum atomic E-state index is 0.710. The Morgan fingerprint density at radius 1 is 0.920 bits per heavy atom. The summed E-state index contributed by atoms with van der Waals surface area (Å²) < 4.78 is 1.04. The standard InChI is InChI=1S/C19H15ClN4S/c1-11-3-5-13(6-4-11)16-10-18(22-12(2)21-16)24-19-23-15-8-7-14(20)9-17(15)25-19/h3-10H,1-2H3,(H,21,22,23,24). The van der Waals surface area contributed by atoms with Gasteiger partial charge in [-0.2, -0.15) is 0 Å². The van der Waals surface area contributed by atoms with E-state index in [2.05, 4.69) is 51.5 Å². The van der Waals surface area contributed by atoms with E-state index < -0.39 is 0 Å². The van der Waals surface area contributed by atoms with Crippen molar-refractivity contribution in [3.05, 3.63) is 64.9 Å². The van der Waals surface area contributed by atoms with Crippen LogP contribution in [0.2, 0.25) is 5.02 Å². The zero-order valence-electron chi connectivity index (χ0n) is 13.7. The van der Waals surface area contributed by atoms with E-state index in [1.54, 1.807) is 11.3 Å². The van der Waals surface area contributed by atoms with E-state index >= 15 is 0 Å². The van der Waals surface area contributed by atoms with Gasteiger partial charge in [0.2, 0.25) is 0 Å². The number of hydrogen-bond acceptors (Lipinski definition) is 5. The molecule has 124 valence electrons. The number of rotatable bonds is 3. The van der Waals surface area contributed by atoms with Gasteiger partial charge in [-0.25, -0.2) is 15.0 Å². The number of halogens is 1. The molecule has 0 saturated heterocycles. The number of nitrogens with one attached hydrogen (secondary N) is 1. The SMILES string of the molecule is Cc1ccc(-c2cc(Nc3nc4ccc(Cl)cc4s3)nc(C)n2)cc1. The number of benzene rings is 2. The average Bonchev–Trinajstić information content (AvgIpc) is 2.96. The second-order valence-electron chi connectivity index (χ2n) is 5.81. The summed E-state index contributed by atoms with van der Waals surface area (Å²) in [5, 5.41) is 4.78. The Morgan fingerprint density at radius 3 is 2.52 bits per heavy atom. The molecule has 0 amide bonds. The molecule has 0 fully saturated rings. The number of thiazole rings is 1. The molecule has 0 bridgehead atoms. The maximum absolute atomic E-state index is 6.05. The molecule has 0 atom stereocenters. The Balaban J connectivity index is 1.68. The van der Waals surface area contributed by atoms with Gasteiger partial charge in [0.05, 0.1) is 15.9 Å². The van der Waals surface area contributed by atoms with Gasteiger partial charge in [-0.1, -0.05) is 52.8 Å². The third-order valence-corrected chi connectivity index (χ3v) is 4.94. The summed E-state index contributed by atoms with van der Waals surface area (Å²) in [7, 11) is 0. The van der Waals surface area contributed by atoms with Crippen molar-refractivity contribution >= 4 is 44.1 Å². The van der Waals surface area contributed by atoms with E-state index in [-0.39, 0.29) is 0 Å². The van der Waals surface area contributed by atoms with Crippen LogP contribution in [-0.2, 0) is 0 Å². The van der Waals surface area contributed by atoms with Gasteiger partial charge in [0, 0.05) is 16.7 Å².